The predicted octanol–water partition coefficient (Wildman–Crippen LogP) is 11.2. The van der Waals surface area contributed by atoms with E-state index in [0.717, 1.165) is 83.0 Å². The highest BCUT2D eigenvalue weighted by atomic mass is 15.2. The largest absolute Gasteiger partial charge is 0.307 e. The van der Waals surface area contributed by atoms with Crippen molar-refractivity contribution in [2.75, 3.05) is 0 Å². The van der Waals surface area contributed by atoms with Crippen molar-refractivity contribution in [3.63, 3.8) is 0 Å². The minimum Gasteiger partial charge on any atom is -0.307 e. The first-order valence-electron chi connectivity index (χ1n) is 18.9. The highest BCUT2D eigenvalue weighted by Gasteiger charge is 2.24. The normalized spacial score (nSPS) is 12.5. The Balaban J connectivity index is 1.30. The first kappa shape index (κ1) is 32.5. The van der Waals surface area contributed by atoms with Gasteiger partial charge < -0.3 is 4.57 Å². The summed E-state index contributed by atoms with van der Waals surface area (Å²) in [4.78, 5) is 24.9. The van der Waals surface area contributed by atoms with Crippen LogP contribution < -0.4 is 0 Å². The van der Waals surface area contributed by atoms with E-state index in [1.54, 1.807) is 0 Å². The van der Waals surface area contributed by atoms with E-state index in [9.17, 15) is 0 Å². The van der Waals surface area contributed by atoms with Crippen molar-refractivity contribution in [3.05, 3.63) is 182 Å². The zero-order valence-corrected chi connectivity index (χ0v) is 30.6. The van der Waals surface area contributed by atoms with E-state index in [2.05, 4.69) is 117 Å². The third-order valence-electron chi connectivity index (χ3n) is 10.6. The zero-order valence-electron chi connectivity index (χ0n) is 30.6. The van der Waals surface area contributed by atoms with Crippen LogP contribution in [0.15, 0.2) is 181 Å². The summed E-state index contributed by atoms with van der Waals surface area (Å²) in [6.45, 7) is 0. The lowest BCUT2D eigenvalue weighted by molar-refractivity contribution is 0.953. The van der Waals surface area contributed by atoms with Crippen molar-refractivity contribution in [2.24, 2.45) is 4.99 Å². The first-order chi connectivity index (χ1) is 28.3. The number of hydrogen-bond acceptors (Lipinski definition) is 5. The molecule has 0 saturated heterocycles. The molecule has 0 aliphatic carbocycles. The van der Waals surface area contributed by atoms with Gasteiger partial charge >= 0.3 is 0 Å². The SMILES string of the molecule is C1#CN=C(c2ccc3c(c2)c2ccc4c5cc(-c6ccccn6)ccc5n(-c5nc(-c6ccccc6)nc(-c6ccccc6)n5)c4c2n3-c2ccccc2)C=CC1. The Morgan fingerprint density at radius 1 is 0.491 bits per heavy atom. The number of nitrogens with zero attached hydrogens (tertiary/aromatic N) is 7. The number of aromatic nitrogens is 6. The molecule has 0 radical (unpaired) electrons. The topological polar surface area (TPSA) is 73.8 Å². The monoisotopic (exact) mass is 729 g/mol. The van der Waals surface area contributed by atoms with Gasteiger partial charge in [0, 0.05) is 68.1 Å². The van der Waals surface area contributed by atoms with Crippen molar-refractivity contribution in [2.45, 2.75) is 6.42 Å². The molecule has 266 valence electrons. The maximum atomic E-state index is 5.28. The average molecular weight is 730 g/mol. The van der Waals surface area contributed by atoms with E-state index < -0.39 is 0 Å². The molecule has 0 unspecified atom stereocenters. The fourth-order valence-corrected chi connectivity index (χ4v) is 7.98. The average Bonchev–Trinajstić information content (AvgIpc) is 3.64. The van der Waals surface area contributed by atoms with E-state index in [-0.39, 0.29) is 0 Å². The molecule has 6 aromatic carbocycles. The van der Waals surface area contributed by atoms with Gasteiger partial charge in [0.25, 0.3) is 0 Å². The highest BCUT2D eigenvalue weighted by molar-refractivity contribution is 6.25. The van der Waals surface area contributed by atoms with Gasteiger partial charge in [0.1, 0.15) is 0 Å². The number of allylic oxidation sites excluding steroid dienone is 2. The van der Waals surface area contributed by atoms with E-state index in [0.29, 0.717) is 24.0 Å². The second kappa shape index (κ2) is 13.4. The second-order valence-electron chi connectivity index (χ2n) is 13.9. The molecule has 1 aliphatic heterocycles. The van der Waals surface area contributed by atoms with Gasteiger partial charge in [0.15, 0.2) is 11.6 Å². The lowest BCUT2D eigenvalue weighted by atomic mass is 10.0. The minimum absolute atomic E-state index is 0.530. The van der Waals surface area contributed by atoms with Crippen LogP contribution in [0.3, 0.4) is 0 Å². The molecule has 1 aliphatic rings. The van der Waals surface area contributed by atoms with Crippen LogP contribution in [0.25, 0.3) is 89.3 Å². The van der Waals surface area contributed by atoms with Crippen LogP contribution in [0, 0.1) is 12.0 Å². The van der Waals surface area contributed by atoms with Gasteiger partial charge in [-0.1, -0.05) is 121 Å². The predicted molar refractivity (Wildman–Crippen MR) is 231 cm³/mol. The number of benzene rings is 6. The molecule has 0 amide bonds. The van der Waals surface area contributed by atoms with E-state index >= 15 is 0 Å². The summed E-state index contributed by atoms with van der Waals surface area (Å²) in [7, 11) is 0. The molecule has 0 fully saturated rings. The lowest BCUT2D eigenvalue weighted by Gasteiger charge is -2.13. The molecule has 0 N–H and O–H groups in total. The van der Waals surface area contributed by atoms with Gasteiger partial charge in [0.05, 0.1) is 33.5 Å². The maximum absolute atomic E-state index is 5.28. The van der Waals surface area contributed by atoms with Crippen molar-refractivity contribution in [1.29, 1.82) is 0 Å². The standard InChI is InChI=1S/C50H31N7/c1-5-15-33(16-6-1)48-53-49(34-17-7-2-8-18-34)55-50(54-48)57-45-28-24-36(43-22-12-14-30-52-43)32-41(45)39-26-25-38-40-31-35(42-21-11-4-13-29-51-42)23-27-44(40)56(46(38)47(39)57)37-19-9-3-10-20-37/h1-3,5-12,14-28,30-32H,4H2. The molecule has 0 saturated carbocycles. The third-order valence-corrected chi connectivity index (χ3v) is 10.6. The molecule has 11 rings (SSSR count). The molecule has 57 heavy (non-hydrogen) atoms. The number of pyridine rings is 1. The Morgan fingerprint density at radius 2 is 1.09 bits per heavy atom. The summed E-state index contributed by atoms with van der Waals surface area (Å²) < 4.78 is 4.59. The van der Waals surface area contributed by atoms with Crippen LogP contribution in [0.1, 0.15) is 12.0 Å². The summed E-state index contributed by atoms with van der Waals surface area (Å²) in [5, 5.41) is 4.35. The summed E-state index contributed by atoms with van der Waals surface area (Å²) in [5.41, 5.74) is 10.8. The summed E-state index contributed by atoms with van der Waals surface area (Å²) >= 11 is 0. The van der Waals surface area contributed by atoms with E-state index in [1.807, 2.05) is 85.1 Å². The Labute approximate surface area is 328 Å². The Hall–Kier alpha value is -7.95. The highest BCUT2D eigenvalue weighted by Crippen LogP contribution is 2.42. The molecule has 5 heterocycles. The van der Waals surface area contributed by atoms with Gasteiger partial charge in [-0.05, 0) is 54.6 Å². The zero-order chi connectivity index (χ0) is 37.7. The number of aliphatic imine (C=N–C) groups is 1. The molecule has 4 aromatic heterocycles. The Kier molecular flexibility index (Phi) is 7.64. The summed E-state index contributed by atoms with van der Waals surface area (Å²) in [5.74, 6) is 4.81. The van der Waals surface area contributed by atoms with Crippen LogP contribution in [-0.4, -0.2) is 34.8 Å². The van der Waals surface area contributed by atoms with Crippen LogP contribution in [-0.2, 0) is 0 Å². The quantitative estimate of drug-likeness (QED) is 0.160. The third kappa shape index (κ3) is 5.50. The summed E-state index contributed by atoms with van der Waals surface area (Å²) in [6, 6.07) is 57.4. The van der Waals surface area contributed by atoms with Gasteiger partial charge in [-0.25, -0.2) is 4.98 Å². The van der Waals surface area contributed by atoms with Gasteiger partial charge in [-0.15, -0.1) is 0 Å². The Bertz CT molecular complexity index is 3240. The number of para-hydroxylation sites is 1. The van der Waals surface area contributed by atoms with Gasteiger partial charge in [0.2, 0.25) is 5.95 Å². The van der Waals surface area contributed by atoms with Crippen LogP contribution in [0.5, 0.6) is 0 Å². The lowest BCUT2D eigenvalue weighted by Crippen LogP contribution is -2.07. The molecular formula is C50H31N7. The van der Waals surface area contributed by atoms with Crippen LogP contribution >= 0.6 is 0 Å². The summed E-state index contributed by atoms with van der Waals surface area (Å²) in [6.07, 6.45) is 6.64. The Morgan fingerprint density at radius 3 is 1.75 bits per heavy atom. The fraction of sp³-hybridized carbons (Fsp3) is 0.0200. The maximum Gasteiger partial charge on any atom is 0.238 e. The van der Waals surface area contributed by atoms with E-state index in [1.165, 1.54) is 0 Å². The van der Waals surface area contributed by atoms with Crippen LogP contribution in [0.4, 0.5) is 0 Å². The molecular weight excluding hydrogens is 699 g/mol. The van der Waals surface area contributed by atoms with Crippen molar-refractivity contribution < 1.29 is 0 Å². The van der Waals surface area contributed by atoms with E-state index in [4.69, 9.17) is 19.9 Å². The van der Waals surface area contributed by atoms with Crippen LogP contribution in [0.2, 0.25) is 0 Å². The fourth-order valence-electron chi connectivity index (χ4n) is 7.98. The molecule has 10 aromatic rings. The van der Waals surface area contributed by atoms with Crippen molar-refractivity contribution in [3.8, 4) is 57.6 Å². The molecule has 7 nitrogen and oxygen atoms in total. The molecule has 7 heteroatoms. The minimum atomic E-state index is 0.530. The number of hydrogen-bond donors (Lipinski definition) is 0. The molecule has 0 spiro atoms. The smallest absolute Gasteiger partial charge is 0.238 e. The van der Waals surface area contributed by atoms with Crippen molar-refractivity contribution in [1.82, 2.24) is 29.1 Å². The van der Waals surface area contributed by atoms with Gasteiger partial charge in [-0.2, -0.15) is 15.0 Å². The molecule has 0 bridgehead atoms. The first-order valence-corrected chi connectivity index (χ1v) is 18.9. The second-order valence-corrected chi connectivity index (χ2v) is 13.9. The molecule has 0 atom stereocenters. The van der Waals surface area contributed by atoms with Gasteiger partial charge in [-0.3, -0.25) is 9.55 Å². The number of rotatable bonds is 6. The number of fused-ring (bicyclic) bond motifs is 7. The van der Waals surface area contributed by atoms with Crippen molar-refractivity contribution >= 4 is 49.3 Å².